The fourth-order valence-electron chi connectivity index (χ4n) is 0.801. The summed E-state index contributed by atoms with van der Waals surface area (Å²) in [6.07, 6.45) is -0.832. The summed E-state index contributed by atoms with van der Waals surface area (Å²) in [5, 5.41) is 17.1. The third-order valence-electron chi connectivity index (χ3n) is 1.46. The Labute approximate surface area is 73.6 Å². The zero-order chi connectivity index (χ0) is 9.84. The maximum absolute atomic E-state index is 11.1. The van der Waals surface area contributed by atoms with Gasteiger partial charge in [0, 0.05) is 0 Å². The fourth-order valence-corrected chi connectivity index (χ4v) is 0.801. The van der Waals surface area contributed by atoms with E-state index in [1.807, 2.05) is 0 Å². The number of carboxylic acids is 1. The highest BCUT2D eigenvalue weighted by Gasteiger charge is 2.19. The Bertz CT molecular complexity index is 300. The lowest BCUT2D eigenvalue weighted by atomic mass is 10.1. The van der Waals surface area contributed by atoms with Crippen LogP contribution in [0, 0.1) is 0 Å². The number of rotatable bonds is 4. The van der Waals surface area contributed by atoms with Gasteiger partial charge in [-0.1, -0.05) is 0 Å². The fraction of sp³-hybridized carbons (Fsp3) is 0.250. The summed E-state index contributed by atoms with van der Waals surface area (Å²) in [7, 11) is 0. The van der Waals surface area contributed by atoms with Crippen LogP contribution in [0.1, 0.15) is 17.0 Å². The molecule has 1 atom stereocenters. The summed E-state index contributed by atoms with van der Waals surface area (Å²) in [6.45, 7) is 0. The van der Waals surface area contributed by atoms with E-state index in [9.17, 15) is 9.59 Å². The van der Waals surface area contributed by atoms with E-state index in [2.05, 4.69) is 0 Å². The van der Waals surface area contributed by atoms with Gasteiger partial charge in [-0.2, -0.15) is 0 Å². The van der Waals surface area contributed by atoms with Crippen LogP contribution in [0.2, 0.25) is 0 Å². The molecule has 1 aromatic heterocycles. The number of hydrogen-bond acceptors (Lipinski definition) is 4. The van der Waals surface area contributed by atoms with Crippen molar-refractivity contribution in [1.29, 1.82) is 0 Å². The van der Waals surface area contributed by atoms with Crippen molar-refractivity contribution in [3.63, 3.8) is 0 Å². The Hall–Kier alpha value is -1.62. The molecule has 1 rings (SSSR count). The number of aliphatic carboxylic acids is 1. The van der Waals surface area contributed by atoms with Crippen molar-refractivity contribution in [2.24, 2.45) is 0 Å². The average Bonchev–Trinajstić information content (AvgIpc) is 2.55. The van der Waals surface area contributed by atoms with Crippen molar-refractivity contribution in [3.8, 4) is 0 Å². The Morgan fingerprint density at radius 3 is 2.69 bits per heavy atom. The Morgan fingerprint density at radius 1 is 1.54 bits per heavy atom. The van der Waals surface area contributed by atoms with Crippen molar-refractivity contribution in [2.75, 3.05) is 0 Å². The van der Waals surface area contributed by atoms with E-state index in [-0.39, 0.29) is 5.76 Å². The van der Waals surface area contributed by atoms with Crippen LogP contribution in [-0.4, -0.2) is 28.1 Å². The van der Waals surface area contributed by atoms with Gasteiger partial charge >= 0.3 is 5.97 Å². The zero-order valence-electron chi connectivity index (χ0n) is 6.64. The minimum atomic E-state index is -1.67. The van der Waals surface area contributed by atoms with Crippen LogP contribution in [0.5, 0.6) is 0 Å². The van der Waals surface area contributed by atoms with Gasteiger partial charge in [0.1, 0.15) is 0 Å². The quantitative estimate of drug-likeness (QED) is 0.657. The number of furan rings is 1. The van der Waals surface area contributed by atoms with Crippen molar-refractivity contribution in [1.82, 2.24) is 0 Å². The average molecular weight is 184 g/mol. The number of carboxylic acid groups (broad SMARTS) is 1. The van der Waals surface area contributed by atoms with Crippen LogP contribution in [0.25, 0.3) is 0 Å². The molecule has 0 radical (unpaired) electrons. The molecule has 13 heavy (non-hydrogen) atoms. The molecule has 1 aromatic rings. The third-order valence-corrected chi connectivity index (χ3v) is 1.46. The van der Waals surface area contributed by atoms with E-state index in [1.54, 1.807) is 0 Å². The van der Waals surface area contributed by atoms with Crippen LogP contribution in [0.3, 0.4) is 0 Å². The second kappa shape index (κ2) is 3.86. The summed E-state index contributed by atoms with van der Waals surface area (Å²) in [5.74, 6) is -1.89. The second-order valence-electron chi connectivity index (χ2n) is 2.46. The molecule has 5 nitrogen and oxygen atoms in total. The molecule has 0 aliphatic heterocycles. The molecule has 0 unspecified atom stereocenters. The molecule has 1 heterocycles. The lowest BCUT2D eigenvalue weighted by Crippen LogP contribution is -2.22. The molecular formula is C8H8O5. The van der Waals surface area contributed by atoms with E-state index < -0.39 is 24.3 Å². The molecule has 0 aromatic carbocycles. The maximum Gasteiger partial charge on any atom is 0.333 e. The van der Waals surface area contributed by atoms with E-state index in [0.29, 0.717) is 0 Å². The normalized spacial score (nSPS) is 12.4. The van der Waals surface area contributed by atoms with Gasteiger partial charge in [0.25, 0.3) is 0 Å². The Kier molecular flexibility index (Phi) is 2.81. The smallest absolute Gasteiger partial charge is 0.333 e. The predicted molar refractivity (Wildman–Crippen MR) is 41.3 cm³/mol. The van der Waals surface area contributed by atoms with Crippen molar-refractivity contribution in [2.45, 2.75) is 12.5 Å². The lowest BCUT2D eigenvalue weighted by Gasteiger charge is -2.01. The van der Waals surface area contributed by atoms with E-state index >= 15 is 0 Å². The van der Waals surface area contributed by atoms with Crippen molar-refractivity contribution in [3.05, 3.63) is 24.2 Å². The molecule has 0 spiro atoms. The molecule has 0 aliphatic carbocycles. The van der Waals surface area contributed by atoms with Crippen LogP contribution >= 0.6 is 0 Å². The SMILES string of the molecule is O=C(C[C@@H](O)C(=O)O)c1ccco1. The molecule has 0 saturated heterocycles. The highest BCUT2D eigenvalue weighted by molar-refractivity contribution is 5.96. The summed E-state index contributed by atoms with van der Waals surface area (Å²) >= 11 is 0. The molecule has 2 N–H and O–H groups in total. The number of Topliss-reactive ketones (excluding diaryl/α,β-unsaturated/α-hetero) is 1. The van der Waals surface area contributed by atoms with Gasteiger partial charge in [-0.05, 0) is 12.1 Å². The number of carbonyl (C=O) groups excluding carboxylic acids is 1. The van der Waals surface area contributed by atoms with Crippen LogP contribution in [0.15, 0.2) is 22.8 Å². The molecule has 0 saturated carbocycles. The third kappa shape index (κ3) is 2.41. The van der Waals surface area contributed by atoms with Gasteiger partial charge in [0.05, 0.1) is 12.7 Å². The zero-order valence-corrected chi connectivity index (χ0v) is 6.64. The molecular weight excluding hydrogens is 176 g/mol. The first-order valence-electron chi connectivity index (χ1n) is 3.59. The number of aliphatic hydroxyl groups excluding tert-OH is 1. The monoisotopic (exact) mass is 184 g/mol. The number of ketones is 1. The molecule has 5 heteroatoms. The molecule has 70 valence electrons. The minimum absolute atomic E-state index is 0.0558. The first kappa shape index (κ1) is 9.47. The number of carbonyl (C=O) groups is 2. The molecule has 0 bridgehead atoms. The Morgan fingerprint density at radius 2 is 2.23 bits per heavy atom. The molecule has 0 amide bonds. The number of aliphatic hydroxyl groups is 1. The maximum atomic E-state index is 11.1. The summed E-state index contributed by atoms with van der Waals surface area (Å²) in [6, 6.07) is 2.93. The first-order chi connectivity index (χ1) is 6.11. The number of hydrogen-bond donors (Lipinski definition) is 2. The highest BCUT2D eigenvalue weighted by Crippen LogP contribution is 2.06. The standard InChI is InChI=1S/C8H8O5/c9-5(4-6(10)8(11)12)7-2-1-3-13-7/h1-3,6,10H,4H2,(H,11,12)/t6-/m1/s1. The predicted octanol–water partition coefficient (Wildman–Crippen LogP) is 0.298. The largest absolute Gasteiger partial charge is 0.479 e. The van der Waals surface area contributed by atoms with E-state index in [4.69, 9.17) is 14.6 Å². The van der Waals surface area contributed by atoms with Gasteiger partial charge < -0.3 is 14.6 Å². The van der Waals surface area contributed by atoms with E-state index in [0.717, 1.165) is 0 Å². The van der Waals surface area contributed by atoms with Gasteiger partial charge in [-0.3, -0.25) is 4.79 Å². The molecule has 0 fully saturated rings. The van der Waals surface area contributed by atoms with Crippen molar-refractivity contribution >= 4 is 11.8 Å². The summed E-state index contributed by atoms with van der Waals surface area (Å²) < 4.78 is 4.72. The van der Waals surface area contributed by atoms with Gasteiger partial charge in [0.15, 0.2) is 11.9 Å². The molecule has 0 aliphatic rings. The minimum Gasteiger partial charge on any atom is -0.479 e. The summed E-state index contributed by atoms with van der Waals surface area (Å²) in [4.78, 5) is 21.3. The lowest BCUT2D eigenvalue weighted by molar-refractivity contribution is -0.146. The van der Waals surface area contributed by atoms with Crippen LogP contribution < -0.4 is 0 Å². The van der Waals surface area contributed by atoms with Crippen LogP contribution in [0.4, 0.5) is 0 Å². The highest BCUT2D eigenvalue weighted by atomic mass is 16.4. The Balaban J connectivity index is 2.56. The first-order valence-corrected chi connectivity index (χ1v) is 3.59. The summed E-state index contributed by atoms with van der Waals surface area (Å²) in [5.41, 5.74) is 0. The second-order valence-corrected chi connectivity index (χ2v) is 2.46. The topological polar surface area (TPSA) is 87.7 Å². The van der Waals surface area contributed by atoms with Gasteiger partial charge in [0.2, 0.25) is 5.78 Å². The van der Waals surface area contributed by atoms with Gasteiger partial charge in [-0.15, -0.1) is 0 Å². The van der Waals surface area contributed by atoms with Gasteiger partial charge in [-0.25, -0.2) is 4.79 Å². The van der Waals surface area contributed by atoms with E-state index in [1.165, 1.54) is 18.4 Å². The van der Waals surface area contributed by atoms with Crippen molar-refractivity contribution < 1.29 is 24.2 Å². The van der Waals surface area contributed by atoms with Crippen LogP contribution in [-0.2, 0) is 4.79 Å².